The van der Waals surface area contributed by atoms with Gasteiger partial charge in [0, 0.05) is 31.7 Å². The Morgan fingerprint density at radius 1 is 1.52 bits per heavy atom. The van der Waals surface area contributed by atoms with Crippen molar-refractivity contribution in [1.82, 2.24) is 9.80 Å². The van der Waals surface area contributed by atoms with Gasteiger partial charge in [-0.05, 0) is 13.1 Å². The van der Waals surface area contributed by atoms with Crippen LogP contribution in [0.3, 0.4) is 0 Å². The van der Waals surface area contributed by atoms with Crippen molar-refractivity contribution in [1.29, 1.82) is 0 Å². The Balaban J connectivity index is 2.00. The average Bonchev–Trinajstić information content (AvgIpc) is 2.40. The Morgan fingerprint density at radius 3 is 2.95 bits per heavy atom. The minimum absolute atomic E-state index is 0.00914. The van der Waals surface area contributed by atoms with Crippen LogP contribution in [0.1, 0.15) is 5.56 Å². The molecule has 1 fully saturated rings. The summed E-state index contributed by atoms with van der Waals surface area (Å²) < 4.78 is 19.4. The molecule has 0 aromatic heterocycles. The lowest BCUT2D eigenvalue weighted by atomic mass is 10.2. The highest BCUT2D eigenvalue weighted by atomic mass is 19.1. The second kappa shape index (κ2) is 7.49. The largest absolute Gasteiger partial charge is 0.374 e. The molecule has 1 aromatic rings. The highest BCUT2D eigenvalue weighted by molar-refractivity contribution is 5.75. The summed E-state index contributed by atoms with van der Waals surface area (Å²) in [6, 6.07) is 6.57. The first-order valence-electron chi connectivity index (χ1n) is 7.09. The number of nitrogens with two attached hydrogens (primary N) is 1. The molecular formula is C15H22FN3O2. The van der Waals surface area contributed by atoms with E-state index in [4.69, 9.17) is 10.5 Å². The van der Waals surface area contributed by atoms with Crippen molar-refractivity contribution < 1.29 is 13.9 Å². The van der Waals surface area contributed by atoms with Crippen molar-refractivity contribution in [3.63, 3.8) is 0 Å². The lowest BCUT2D eigenvalue weighted by Crippen LogP contribution is -2.47. The lowest BCUT2D eigenvalue weighted by molar-refractivity contribution is -0.120. The first kappa shape index (κ1) is 15.9. The maximum absolute atomic E-state index is 13.7. The molecule has 0 bridgehead atoms. The summed E-state index contributed by atoms with van der Waals surface area (Å²) in [4.78, 5) is 15.2. The van der Waals surface area contributed by atoms with Crippen LogP contribution in [0, 0.1) is 5.82 Å². The van der Waals surface area contributed by atoms with Crippen LogP contribution < -0.4 is 5.73 Å². The summed E-state index contributed by atoms with van der Waals surface area (Å²) in [5.41, 5.74) is 5.85. The Labute approximate surface area is 124 Å². The van der Waals surface area contributed by atoms with Gasteiger partial charge in [0.25, 0.3) is 0 Å². The standard InChI is InChI=1S/C15H22FN3O2/c1-18-6-7-21-13(9-18)10-19(11-15(17)20)8-12-4-2-3-5-14(12)16/h2-5,13H,6-11H2,1H3,(H2,17,20). The normalized spacial score (nSPS) is 19.9. The molecule has 5 nitrogen and oxygen atoms in total. The molecule has 1 amide bonds. The zero-order chi connectivity index (χ0) is 15.2. The molecule has 2 N–H and O–H groups in total. The van der Waals surface area contributed by atoms with Gasteiger partial charge in [-0.15, -0.1) is 0 Å². The van der Waals surface area contributed by atoms with Crippen LogP contribution in [0.4, 0.5) is 4.39 Å². The molecule has 21 heavy (non-hydrogen) atoms. The van der Waals surface area contributed by atoms with E-state index in [0.29, 0.717) is 25.3 Å². The summed E-state index contributed by atoms with van der Waals surface area (Å²) in [6.07, 6.45) is 0.00914. The van der Waals surface area contributed by atoms with Gasteiger partial charge in [-0.3, -0.25) is 9.69 Å². The molecule has 1 saturated heterocycles. The fourth-order valence-electron chi connectivity index (χ4n) is 2.54. The molecule has 1 aliphatic heterocycles. The fourth-order valence-corrected chi connectivity index (χ4v) is 2.54. The highest BCUT2D eigenvalue weighted by Gasteiger charge is 2.22. The molecular weight excluding hydrogens is 273 g/mol. The summed E-state index contributed by atoms with van der Waals surface area (Å²) in [7, 11) is 2.03. The number of rotatable bonds is 6. The minimum atomic E-state index is -0.421. The topological polar surface area (TPSA) is 58.8 Å². The summed E-state index contributed by atoms with van der Waals surface area (Å²) in [5, 5.41) is 0. The lowest BCUT2D eigenvalue weighted by Gasteiger charge is -2.33. The van der Waals surface area contributed by atoms with E-state index < -0.39 is 5.91 Å². The smallest absolute Gasteiger partial charge is 0.231 e. The molecule has 1 unspecified atom stereocenters. The molecule has 1 atom stereocenters. The number of benzene rings is 1. The van der Waals surface area contributed by atoms with Crippen molar-refractivity contribution >= 4 is 5.91 Å². The van der Waals surface area contributed by atoms with Gasteiger partial charge in [0.05, 0.1) is 19.3 Å². The van der Waals surface area contributed by atoms with Crippen LogP contribution in [-0.4, -0.2) is 61.6 Å². The molecule has 1 aromatic carbocycles. The molecule has 1 heterocycles. The second-order valence-electron chi connectivity index (χ2n) is 5.48. The number of carbonyl (C=O) groups is 1. The third kappa shape index (κ3) is 5.08. The molecule has 6 heteroatoms. The second-order valence-corrected chi connectivity index (χ2v) is 5.48. The maximum Gasteiger partial charge on any atom is 0.231 e. The predicted octanol–water partition coefficient (Wildman–Crippen LogP) is 0.444. The zero-order valence-corrected chi connectivity index (χ0v) is 12.3. The van der Waals surface area contributed by atoms with E-state index in [9.17, 15) is 9.18 Å². The van der Waals surface area contributed by atoms with Crippen molar-refractivity contribution in [3.05, 3.63) is 35.6 Å². The predicted molar refractivity (Wildman–Crippen MR) is 78.1 cm³/mol. The van der Waals surface area contributed by atoms with E-state index in [1.165, 1.54) is 6.07 Å². The van der Waals surface area contributed by atoms with Crippen LogP contribution >= 0.6 is 0 Å². The van der Waals surface area contributed by atoms with E-state index in [-0.39, 0.29) is 18.5 Å². The van der Waals surface area contributed by atoms with Gasteiger partial charge in [-0.1, -0.05) is 18.2 Å². The van der Waals surface area contributed by atoms with E-state index in [1.54, 1.807) is 18.2 Å². The molecule has 116 valence electrons. The SMILES string of the molecule is CN1CCOC(CN(CC(N)=O)Cc2ccccc2F)C1. The van der Waals surface area contributed by atoms with E-state index in [2.05, 4.69) is 4.90 Å². The first-order chi connectivity index (χ1) is 10.0. The number of primary amides is 1. The number of hydrogen-bond acceptors (Lipinski definition) is 4. The van der Waals surface area contributed by atoms with Gasteiger partial charge in [-0.25, -0.2) is 4.39 Å². The van der Waals surface area contributed by atoms with Gasteiger partial charge in [0.2, 0.25) is 5.91 Å². The zero-order valence-electron chi connectivity index (χ0n) is 12.3. The Hall–Kier alpha value is -1.50. The fraction of sp³-hybridized carbons (Fsp3) is 0.533. The number of morpholine rings is 1. The third-order valence-corrected chi connectivity index (χ3v) is 3.53. The van der Waals surface area contributed by atoms with Crippen LogP contribution in [0.15, 0.2) is 24.3 Å². The Morgan fingerprint density at radius 2 is 2.29 bits per heavy atom. The first-order valence-corrected chi connectivity index (χ1v) is 7.09. The van der Waals surface area contributed by atoms with E-state index in [0.717, 1.165) is 13.1 Å². The van der Waals surface area contributed by atoms with Gasteiger partial charge in [-0.2, -0.15) is 0 Å². The number of amides is 1. The number of likely N-dealkylation sites (N-methyl/N-ethyl adjacent to an activating group) is 1. The van der Waals surface area contributed by atoms with Gasteiger partial charge in [0.1, 0.15) is 5.82 Å². The number of halogens is 1. The summed E-state index contributed by atoms with van der Waals surface area (Å²) >= 11 is 0. The van der Waals surface area contributed by atoms with E-state index in [1.807, 2.05) is 11.9 Å². The summed E-state index contributed by atoms with van der Waals surface area (Å²) in [5.74, 6) is -0.691. The molecule has 0 aliphatic carbocycles. The molecule has 2 rings (SSSR count). The van der Waals surface area contributed by atoms with Gasteiger partial charge >= 0.3 is 0 Å². The maximum atomic E-state index is 13.7. The number of hydrogen-bond donors (Lipinski definition) is 1. The van der Waals surface area contributed by atoms with Crippen molar-refractivity contribution in [2.45, 2.75) is 12.6 Å². The van der Waals surface area contributed by atoms with Crippen molar-refractivity contribution in [2.75, 3.05) is 39.8 Å². The number of carbonyl (C=O) groups excluding carboxylic acids is 1. The quantitative estimate of drug-likeness (QED) is 0.827. The minimum Gasteiger partial charge on any atom is -0.374 e. The van der Waals surface area contributed by atoms with Crippen LogP contribution in [-0.2, 0) is 16.1 Å². The average molecular weight is 295 g/mol. The van der Waals surface area contributed by atoms with Gasteiger partial charge < -0.3 is 15.4 Å². The number of ether oxygens (including phenoxy) is 1. The van der Waals surface area contributed by atoms with E-state index >= 15 is 0 Å². The molecule has 1 aliphatic rings. The van der Waals surface area contributed by atoms with Crippen molar-refractivity contribution in [3.8, 4) is 0 Å². The van der Waals surface area contributed by atoms with Gasteiger partial charge in [0.15, 0.2) is 0 Å². The Bertz CT molecular complexity index is 484. The Kier molecular flexibility index (Phi) is 5.67. The van der Waals surface area contributed by atoms with Crippen LogP contribution in [0.25, 0.3) is 0 Å². The summed E-state index contributed by atoms with van der Waals surface area (Å²) in [6.45, 7) is 3.37. The highest BCUT2D eigenvalue weighted by Crippen LogP contribution is 2.12. The molecule has 0 radical (unpaired) electrons. The third-order valence-electron chi connectivity index (χ3n) is 3.53. The molecule has 0 saturated carbocycles. The van der Waals surface area contributed by atoms with Crippen molar-refractivity contribution in [2.24, 2.45) is 5.73 Å². The van der Waals surface area contributed by atoms with Crippen LogP contribution in [0.2, 0.25) is 0 Å². The van der Waals surface area contributed by atoms with Crippen LogP contribution in [0.5, 0.6) is 0 Å². The monoisotopic (exact) mass is 295 g/mol. The molecule has 0 spiro atoms. The number of nitrogens with zero attached hydrogens (tertiary/aromatic N) is 2.